The number of urea groups is 1. The van der Waals surface area contributed by atoms with Gasteiger partial charge in [-0.05, 0) is 18.2 Å². The van der Waals surface area contributed by atoms with Gasteiger partial charge in [-0.15, -0.1) is 0 Å². The molecule has 2 amide bonds. The van der Waals surface area contributed by atoms with Gasteiger partial charge in [-0.1, -0.05) is 25.6 Å². The molecule has 0 rings (SSSR count). The Morgan fingerprint density at radius 3 is 2.67 bits per heavy atom. The number of unbranched alkanes of at least 4 members (excludes halogenated alkanes) is 1. The average molecular weight is 188 g/mol. The number of carbonyl (C=O) groups excluding carboxylic acids is 1. The maximum atomic E-state index is 10.9. The molecule has 0 unspecified atom stereocenters. The Bertz CT molecular complexity index is 139. The van der Waals surface area contributed by atoms with Gasteiger partial charge in [0.1, 0.15) is 0 Å². The Kier molecular flexibility index (Phi) is 8.01. The Labute approximate surface area is 78.9 Å². The third kappa shape index (κ3) is 7.47. The van der Waals surface area contributed by atoms with E-state index in [0.717, 1.165) is 25.8 Å². The lowest BCUT2D eigenvalue weighted by molar-refractivity contribution is 0.241. The molecule has 3 nitrogen and oxygen atoms in total. The van der Waals surface area contributed by atoms with E-state index in [1.807, 2.05) is 0 Å². The summed E-state index contributed by atoms with van der Waals surface area (Å²) in [4.78, 5) is 10.9. The first kappa shape index (κ1) is 11.4. The molecule has 4 heteroatoms. The molecule has 12 heavy (non-hydrogen) atoms. The first-order valence-corrected chi connectivity index (χ1v) is 4.73. The molecule has 0 heterocycles. The molecule has 0 saturated heterocycles. The lowest BCUT2D eigenvalue weighted by Gasteiger charge is -2.04. The summed E-state index contributed by atoms with van der Waals surface area (Å²) in [6.07, 6.45) is 2.87. The maximum absolute atomic E-state index is 10.9. The van der Waals surface area contributed by atoms with Crippen molar-refractivity contribution >= 4 is 23.6 Å². The van der Waals surface area contributed by atoms with Crippen LogP contribution in [-0.4, -0.2) is 24.5 Å². The zero-order valence-electron chi connectivity index (χ0n) is 7.43. The SMILES string of the molecule is CCCCNC(=O)NCCC=S. The number of hydrogen-bond acceptors (Lipinski definition) is 2. The highest BCUT2D eigenvalue weighted by atomic mass is 32.1. The van der Waals surface area contributed by atoms with Crippen molar-refractivity contribution in [2.75, 3.05) is 13.1 Å². The number of nitrogens with one attached hydrogen (secondary N) is 2. The molecule has 0 aliphatic heterocycles. The second kappa shape index (κ2) is 8.46. The molecule has 0 fully saturated rings. The van der Waals surface area contributed by atoms with E-state index in [4.69, 9.17) is 0 Å². The quantitative estimate of drug-likeness (QED) is 0.489. The first-order valence-electron chi connectivity index (χ1n) is 4.26. The Morgan fingerprint density at radius 2 is 2.08 bits per heavy atom. The molecule has 2 N–H and O–H groups in total. The van der Waals surface area contributed by atoms with Crippen molar-refractivity contribution in [2.45, 2.75) is 26.2 Å². The van der Waals surface area contributed by atoms with E-state index in [1.54, 1.807) is 5.37 Å². The van der Waals surface area contributed by atoms with E-state index in [2.05, 4.69) is 29.8 Å². The molecule has 0 aliphatic carbocycles. The van der Waals surface area contributed by atoms with E-state index in [-0.39, 0.29) is 6.03 Å². The minimum absolute atomic E-state index is 0.0969. The van der Waals surface area contributed by atoms with Gasteiger partial charge in [-0.25, -0.2) is 4.79 Å². The maximum Gasteiger partial charge on any atom is 0.314 e. The Balaban J connectivity index is 3.15. The van der Waals surface area contributed by atoms with Gasteiger partial charge in [0, 0.05) is 13.1 Å². The summed E-state index contributed by atoms with van der Waals surface area (Å²) in [5, 5.41) is 7.06. The fourth-order valence-electron chi connectivity index (χ4n) is 0.686. The van der Waals surface area contributed by atoms with Crippen molar-refractivity contribution in [3.63, 3.8) is 0 Å². The van der Waals surface area contributed by atoms with Crippen LogP contribution in [0.3, 0.4) is 0 Å². The molecule has 0 radical (unpaired) electrons. The highest BCUT2D eigenvalue weighted by molar-refractivity contribution is 7.78. The summed E-state index contributed by atoms with van der Waals surface area (Å²) in [7, 11) is 0. The topological polar surface area (TPSA) is 41.1 Å². The van der Waals surface area contributed by atoms with Crippen LogP contribution in [0.2, 0.25) is 0 Å². The van der Waals surface area contributed by atoms with Crippen molar-refractivity contribution in [1.82, 2.24) is 10.6 Å². The van der Waals surface area contributed by atoms with E-state index in [9.17, 15) is 4.79 Å². The summed E-state index contributed by atoms with van der Waals surface area (Å²) in [5.41, 5.74) is 0. The van der Waals surface area contributed by atoms with Crippen LogP contribution in [0.1, 0.15) is 26.2 Å². The van der Waals surface area contributed by atoms with Gasteiger partial charge < -0.3 is 10.6 Å². The third-order valence-corrected chi connectivity index (χ3v) is 1.60. The van der Waals surface area contributed by atoms with E-state index < -0.39 is 0 Å². The molecule has 0 spiro atoms. The second-order valence-electron chi connectivity index (χ2n) is 2.49. The predicted molar refractivity (Wildman–Crippen MR) is 54.6 cm³/mol. The predicted octanol–water partition coefficient (Wildman–Crippen LogP) is 1.48. The van der Waals surface area contributed by atoms with Crippen molar-refractivity contribution in [3.8, 4) is 0 Å². The minimum Gasteiger partial charge on any atom is -0.338 e. The van der Waals surface area contributed by atoms with Crippen LogP contribution < -0.4 is 10.6 Å². The molecule has 0 aromatic heterocycles. The minimum atomic E-state index is -0.0969. The second-order valence-corrected chi connectivity index (χ2v) is 2.82. The van der Waals surface area contributed by atoms with Gasteiger partial charge in [0.15, 0.2) is 0 Å². The monoisotopic (exact) mass is 188 g/mol. The molecule has 0 aliphatic rings. The summed E-state index contributed by atoms with van der Waals surface area (Å²) in [6, 6.07) is -0.0969. The van der Waals surface area contributed by atoms with E-state index >= 15 is 0 Å². The van der Waals surface area contributed by atoms with Crippen molar-refractivity contribution in [1.29, 1.82) is 0 Å². The third-order valence-electron chi connectivity index (χ3n) is 1.36. The molecule has 0 aromatic rings. The molecule has 70 valence electrons. The van der Waals surface area contributed by atoms with Crippen molar-refractivity contribution < 1.29 is 4.79 Å². The Morgan fingerprint density at radius 1 is 1.42 bits per heavy atom. The van der Waals surface area contributed by atoms with E-state index in [0.29, 0.717) is 6.54 Å². The summed E-state index contributed by atoms with van der Waals surface area (Å²) in [5.74, 6) is 0. The van der Waals surface area contributed by atoms with Gasteiger partial charge in [0.25, 0.3) is 0 Å². The fourth-order valence-corrected chi connectivity index (χ4v) is 0.804. The van der Waals surface area contributed by atoms with Gasteiger partial charge in [-0.3, -0.25) is 0 Å². The molecular weight excluding hydrogens is 172 g/mol. The number of hydrogen-bond donors (Lipinski definition) is 2. The summed E-state index contributed by atoms with van der Waals surface area (Å²) >= 11 is 4.61. The highest BCUT2D eigenvalue weighted by Crippen LogP contribution is 1.81. The van der Waals surface area contributed by atoms with Gasteiger partial charge in [0.2, 0.25) is 0 Å². The zero-order chi connectivity index (χ0) is 9.23. The van der Waals surface area contributed by atoms with E-state index in [1.165, 1.54) is 0 Å². The largest absolute Gasteiger partial charge is 0.338 e. The summed E-state index contributed by atoms with van der Waals surface area (Å²) in [6.45, 7) is 3.47. The van der Waals surface area contributed by atoms with Crippen LogP contribution in [0.25, 0.3) is 0 Å². The van der Waals surface area contributed by atoms with Gasteiger partial charge >= 0.3 is 6.03 Å². The lowest BCUT2D eigenvalue weighted by atomic mass is 10.3. The van der Waals surface area contributed by atoms with Crippen molar-refractivity contribution in [2.24, 2.45) is 0 Å². The highest BCUT2D eigenvalue weighted by Gasteiger charge is 1.95. The normalized spacial score (nSPS) is 9.08. The molecular formula is C8H16N2OS. The molecule has 0 bridgehead atoms. The smallest absolute Gasteiger partial charge is 0.314 e. The average Bonchev–Trinajstić information content (AvgIpc) is 2.06. The number of thiocarbonyl (C=S) groups is 1. The van der Waals surface area contributed by atoms with Crippen LogP contribution >= 0.6 is 12.2 Å². The lowest BCUT2D eigenvalue weighted by Crippen LogP contribution is -2.36. The number of rotatable bonds is 6. The standard InChI is InChI=1S/C8H16N2OS/c1-2-3-5-9-8(11)10-6-4-7-12/h7H,2-6H2,1H3,(H2,9,10,11). The van der Waals surface area contributed by atoms with Crippen LogP contribution in [0.4, 0.5) is 4.79 Å². The van der Waals surface area contributed by atoms with Crippen LogP contribution in [-0.2, 0) is 0 Å². The first-order chi connectivity index (χ1) is 5.81. The molecule has 0 aromatic carbocycles. The fraction of sp³-hybridized carbons (Fsp3) is 0.750. The van der Waals surface area contributed by atoms with Gasteiger partial charge in [0.05, 0.1) is 0 Å². The van der Waals surface area contributed by atoms with Gasteiger partial charge in [-0.2, -0.15) is 0 Å². The Hall–Kier alpha value is -0.640. The van der Waals surface area contributed by atoms with Crippen LogP contribution in [0.15, 0.2) is 0 Å². The van der Waals surface area contributed by atoms with Crippen LogP contribution in [0.5, 0.6) is 0 Å². The number of amides is 2. The number of carbonyl (C=O) groups is 1. The summed E-state index contributed by atoms with van der Waals surface area (Å²) < 4.78 is 0. The zero-order valence-corrected chi connectivity index (χ0v) is 8.25. The van der Waals surface area contributed by atoms with Crippen LogP contribution in [0, 0.1) is 0 Å². The molecule has 0 atom stereocenters. The van der Waals surface area contributed by atoms with Crippen molar-refractivity contribution in [3.05, 3.63) is 0 Å². The molecule has 0 saturated carbocycles.